The van der Waals surface area contributed by atoms with Gasteiger partial charge in [-0.2, -0.15) is 15.0 Å². The minimum absolute atomic E-state index is 0.0608. The van der Waals surface area contributed by atoms with Crippen LogP contribution >= 0.6 is 0 Å². The summed E-state index contributed by atoms with van der Waals surface area (Å²) in [6.07, 6.45) is 5.13. The molecule has 0 spiro atoms. The van der Waals surface area contributed by atoms with Gasteiger partial charge in [-0.05, 0) is 25.3 Å². The lowest BCUT2D eigenvalue weighted by atomic mass is 10.0. The highest BCUT2D eigenvalue weighted by Crippen LogP contribution is 2.12. The molecule has 1 atom stereocenters. The number of sulfonamides is 1. The lowest BCUT2D eigenvalue weighted by Crippen LogP contribution is -2.27. The number of rotatable bonds is 8. The van der Waals surface area contributed by atoms with Gasteiger partial charge in [0, 0.05) is 0 Å². The van der Waals surface area contributed by atoms with Crippen LogP contribution in [0.2, 0.25) is 0 Å². The molecule has 3 N–H and O–H groups in total. The fraction of sp³-hybridized carbons (Fsp3) is 0.615. The van der Waals surface area contributed by atoms with Crippen molar-refractivity contribution in [2.45, 2.75) is 33.2 Å². The van der Waals surface area contributed by atoms with E-state index in [2.05, 4.69) is 25.0 Å². The van der Waals surface area contributed by atoms with Crippen LogP contribution in [0.25, 0.3) is 6.08 Å². The van der Waals surface area contributed by atoms with Gasteiger partial charge in [-0.1, -0.05) is 19.9 Å². The molecule has 0 amide bonds. The zero-order valence-electron chi connectivity index (χ0n) is 13.2. The van der Waals surface area contributed by atoms with E-state index in [4.69, 9.17) is 0 Å². The van der Waals surface area contributed by atoms with E-state index in [1.165, 1.54) is 0 Å². The monoisotopic (exact) mass is 329 g/mol. The Morgan fingerprint density at radius 2 is 1.86 bits per heavy atom. The zero-order valence-corrected chi connectivity index (χ0v) is 14.1. The molecule has 0 aromatic carbocycles. The predicted molar refractivity (Wildman–Crippen MR) is 87.0 cm³/mol. The normalized spacial score (nSPS) is 13.5. The molecule has 9 heteroatoms. The Morgan fingerprint density at radius 3 is 2.36 bits per heavy atom. The summed E-state index contributed by atoms with van der Waals surface area (Å²) in [6, 6.07) is -0.216. The topological polar surface area (TPSA) is 117 Å². The number of nitrogens with one attached hydrogen (secondary N) is 2. The molecule has 8 nitrogen and oxygen atoms in total. The van der Waals surface area contributed by atoms with Crippen LogP contribution in [-0.2, 0) is 10.0 Å². The van der Waals surface area contributed by atoms with E-state index >= 15 is 0 Å². The third-order valence-electron chi connectivity index (χ3n) is 2.55. The van der Waals surface area contributed by atoms with Gasteiger partial charge >= 0.3 is 0 Å². The summed E-state index contributed by atoms with van der Waals surface area (Å²) < 4.78 is 24.9. The smallest absolute Gasteiger partial charge is 0.241 e. The van der Waals surface area contributed by atoms with Crippen LogP contribution in [0.15, 0.2) is 6.08 Å². The van der Waals surface area contributed by atoms with Crippen molar-refractivity contribution in [2.24, 2.45) is 5.92 Å². The standard InChI is InChI=1S/C13H23N5O3S/c1-5-6-11-15-12(14-10(8-19)7-9(2)3)17-13(16-11)18-22(4,20)21/h5-6,9-10,19H,7-8H2,1-4H3,(H2,14,15,16,17,18)/b6-5+/t10-/m1/s1. The van der Waals surface area contributed by atoms with E-state index in [0.29, 0.717) is 11.7 Å². The predicted octanol–water partition coefficient (Wildman–Crippen LogP) is 1.10. The van der Waals surface area contributed by atoms with Crippen LogP contribution in [0, 0.1) is 5.92 Å². The van der Waals surface area contributed by atoms with Gasteiger partial charge < -0.3 is 10.4 Å². The maximum Gasteiger partial charge on any atom is 0.241 e. The summed E-state index contributed by atoms with van der Waals surface area (Å²) in [5, 5.41) is 12.4. The summed E-state index contributed by atoms with van der Waals surface area (Å²) in [5.41, 5.74) is 0. The second-order valence-electron chi connectivity index (χ2n) is 5.37. The first kappa shape index (κ1) is 18.3. The van der Waals surface area contributed by atoms with Crippen molar-refractivity contribution < 1.29 is 13.5 Å². The zero-order chi connectivity index (χ0) is 16.8. The molecule has 1 aromatic rings. The van der Waals surface area contributed by atoms with Gasteiger partial charge in [0.1, 0.15) is 0 Å². The number of aliphatic hydroxyl groups is 1. The van der Waals surface area contributed by atoms with E-state index in [9.17, 15) is 13.5 Å². The summed E-state index contributed by atoms with van der Waals surface area (Å²) in [7, 11) is -3.48. The van der Waals surface area contributed by atoms with Crippen molar-refractivity contribution in [1.82, 2.24) is 15.0 Å². The lowest BCUT2D eigenvalue weighted by Gasteiger charge is -2.18. The second-order valence-corrected chi connectivity index (χ2v) is 7.12. The molecule has 22 heavy (non-hydrogen) atoms. The van der Waals surface area contributed by atoms with Gasteiger partial charge in [0.05, 0.1) is 18.9 Å². The number of hydrogen-bond acceptors (Lipinski definition) is 7. The number of aromatic nitrogens is 3. The first-order valence-electron chi connectivity index (χ1n) is 6.97. The Balaban J connectivity index is 3.06. The maximum absolute atomic E-state index is 11.3. The molecule has 0 unspecified atom stereocenters. The molecular weight excluding hydrogens is 306 g/mol. The lowest BCUT2D eigenvalue weighted by molar-refractivity contribution is 0.259. The number of nitrogens with zero attached hydrogens (tertiary/aromatic N) is 3. The van der Waals surface area contributed by atoms with Crippen molar-refractivity contribution in [3.63, 3.8) is 0 Å². The number of aliphatic hydroxyl groups excluding tert-OH is 1. The Hall–Kier alpha value is -1.74. The number of anilines is 2. The molecule has 1 rings (SSSR count). The summed E-state index contributed by atoms with van der Waals surface area (Å²) >= 11 is 0. The molecule has 124 valence electrons. The van der Waals surface area contributed by atoms with E-state index < -0.39 is 10.0 Å². The fourth-order valence-electron chi connectivity index (χ4n) is 1.82. The van der Waals surface area contributed by atoms with Crippen molar-refractivity contribution in [3.05, 3.63) is 11.9 Å². The van der Waals surface area contributed by atoms with Crippen LogP contribution in [0.5, 0.6) is 0 Å². The second kappa shape index (κ2) is 8.04. The molecule has 0 saturated heterocycles. The highest BCUT2D eigenvalue weighted by atomic mass is 32.2. The number of hydrogen-bond donors (Lipinski definition) is 3. The van der Waals surface area contributed by atoms with Crippen LogP contribution < -0.4 is 10.0 Å². The van der Waals surface area contributed by atoms with Crippen molar-refractivity contribution >= 4 is 28.0 Å². The molecule has 0 bridgehead atoms. The Labute approximate surface area is 131 Å². The summed E-state index contributed by atoms with van der Waals surface area (Å²) in [5.74, 6) is 0.866. The van der Waals surface area contributed by atoms with Gasteiger partial charge in [0.25, 0.3) is 0 Å². The van der Waals surface area contributed by atoms with E-state index in [0.717, 1.165) is 12.7 Å². The summed E-state index contributed by atoms with van der Waals surface area (Å²) in [4.78, 5) is 12.2. The SMILES string of the molecule is C/C=C/c1nc(N[C@@H](CO)CC(C)C)nc(NS(C)(=O)=O)n1. The molecule has 0 saturated carbocycles. The van der Waals surface area contributed by atoms with Gasteiger partial charge in [0.15, 0.2) is 5.82 Å². The van der Waals surface area contributed by atoms with Gasteiger partial charge in [-0.25, -0.2) is 8.42 Å². The minimum atomic E-state index is -3.48. The van der Waals surface area contributed by atoms with Crippen LogP contribution in [0.4, 0.5) is 11.9 Å². The first-order valence-corrected chi connectivity index (χ1v) is 8.86. The fourth-order valence-corrected chi connectivity index (χ4v) is 2.25. The van der Waals surface area contributed by atoms with Crippen LogP contribution in [0.1, 0.15) is 33.0 Å². The van der Waals surface area contributed by atoms with Gasteiger partial charge in [-0.3, -0.25) is 4.72 Å². The van der Waals surface area contributed by atoms with Crippen molar-refractivity contribution in [2.75, 3.05) is 22.9 Å². The molecule has 1 heterocycles. The highest BCUT2D eigenvalue weighted by molar-refractivity contribution is 7.91. The van der Waals surface area contributed by atoms with Crippen molar-refractivity contribution in [3.8, 4) is 0 Å². The van der Waals surface area contributed by atoms with E-state index in [1.807, 2.05) is 13.8 Å². The van der Waals surface area contributed by atoms with Crippen molar-refractivity contribution in [1.29, 1.82) is 0 Å². The average molecular weight is 329 g/mol. The molecule has 0 aliphatic heterocycles. The molecular formula is C13H23N5O3S. The third-order valence-corrected chi connectivity index (χ3v) is 3.11. The maximum atomic E-state index is 11.3. The Bertz CT molecular complexity index is 616. The number of allylic oxidation sites excluding steroid dienone is 1. The first-order chi connectivity index (χ1) is 10.2. The highest BCUT2D eigenvalue weighted by Gasteiger charge is 2.14. The molecule has 0 radical (unpaired) electrons. The third kappa shape index (κ3) is 6.81. The van der Waals surface area contributed by atoms with Gasteiger partial charge in [-0.15, -0.1) is 0 Å². The van der Waals surface area contributed by atoms with E-state index in [1.54, 1.807) is 19.1 Å². The average Bonchev–Trinajstić information content (AvgIpc) is 2.35. The Morgan fingerprint density at radius 1 is 1.23 bits per heavy atom. The largest absolute Gasteiger partial charge is 0.394 e. The Kier molecular flexibility index (Phi) is 6.69. The molecule has 1 aromatic heterocycles. The molecule has 0 fully saturated rings. The minimum Gasteiger partial charge on any atom is -0.394 e. The van der Waals surface area contributed by atoms with Crippen LogP contribution in [-0.4, -0.2) is 47.4 Å². The molecule has 0 aliphatic rings. The van der Waals surface area contributed by atoms with Gasteiger partial charge in [0.2, 0.25) is 21.9 Å². The summed E-state index contributed by atoms with van der Waals surface area (Å²) in [6.45, 7) is 5.81. The van der Waals surface area contributed by atoms with E-state index in [-0.39, 0.29) is 24.5 Å². The quantitative estimate of drug-likeness (QED) is 0.653. The van der Waals surface area contributed by atoms with Crippen LogP contribution in [0.3, 0.4) is 0 Å². The molecule has 0 aliphatic carbocycles.